The Morgan fingerprint density at radius 1 is 1.47 bits per heavy atom. The van der Waals surface area contributed by atoms with Gasteiger partial charge in [0.2, 0.25) is 0 Å². The van der Waals surface area contributed by atoms with Crippen LogP contribution in [0.5, 0.6) is 0 Å². The molecule has 0 unspecified atom stereocenters. The summed E-state index contributed by atoms with van der Waals surface area (Å²) in [6.07, 6.45) is 1.19. The Kier molecular flexibility index (Phi) is 5.31. The molecule has 0 radical (unpaired) electrons. The summed E-state index contributed by atoms with van der Waals surface area (Å²) in [5.41, 5.74) is 4.96. The molecule has 1 rings (SSSR count). The van der Waals surface area contributed by atoms with Crippen LogP contribution in [0.4, 0.5) is 10.1 Å². The molecule has 106 valence electrons. The molecule has 0 saturated carbocycles. The third-order valence-corrected chi connectivity index (χ3v) is 4.02. The zero-order valence-corrected chi connectivity index (χ0v) is 12.6. The predicted molar refractivity (Wildman–Crippen MR) is 76.4 cm³/mol. The molecular formula is C13H18BrFN2O2. The molecule has 1 aromatic rings. The topological polar surface area (TPSA) is 75.3 Å². The minimum Gasteiger partial charge on any atom is -0.396 e. The normalized spacial score (nSPS) is 11.4. The van der Waals surface area contributed by atoms with Crippen LogP contribution in [0.1, 0.15) is 37.0 Å². The van der Waals surface area contributed by atoms with E-state index in [1.54, 1.807) is 0 Å². The maximum atomic E-state index is 13.2. The molecule has 19 heavy (non-hydrogen) atoms. The standard InChI is InChI=1S/C13H18BrFN2O2/c1-3-13(4-2,7-18)17-12(19)8-5-11(16)10(15)6-9(8)14/h5-6,18H,3-4,7,16H2,1-2H3,(H,17,19). The van der Waals surface area contributed by atoms with Crippen LogP contribution in [-0.2, 0) is 0 Å². The van der Waals surface area contributed by atoms with Crippen molar-refractivity contribution in [2.75, 3.05) is 12.3 Å². The molecule has 4 N–H and O–H groups in total. The summed E-state index contributed by atoms with van der Waals surface area (Å²) >= 11 is 3.14. The van der Waals surface area contributed by atoms with Gasteiger partial charge in [0.25, 0.3) is 5.91 Å². The summed E-state index contributed by atoms with van der Waals surface area (Å²) in [7, 11) is 0. The van der Waals surface area contributed by atoms with Crippen LogP contribution >= 0.6 is 15.9 Å². The van der Waals surface area contributed by atoms with Crippen molar-refractivity contribution in [2.45, 2.75) is 32.2 Å². The van der Waals surface area contributed by atoms with Crippen LogP contribution in [-0.4, -0.2) is 23.2 Å². The molecule has 0 aliphatic carbocycles. The second kappa shape index (κ2) is 6.34. The van der Waals surface area contributed by atoms with Gasteiger partial charge >= 0.3 is 0 Å². The predicted octanol–water partition coefficient (Wildman–Crippen LogP) is 2.45. The number of aliphatic hydroxyl groups excluding tert-OH is 1. The van der Waals surface area contributed by atoms with Gasteiger partial charge in [0.05, 0.1) is 23.4 Å². The van der Waals surface area contributed by atoms with Crippen LogP contribution in [0.25, 0.3) is 0 Å². The quantitative estimate of drug-likeness (QED) is 0.725. The number of hydrogen-bond acceptors (Lipinski definition) is 3. The number of benzene rings is 1. The third-order valence-electron chi connectivity index (χ3n) is 3.37. The fourth-order valence-corrected chi connectivity index (χ4v) is 2.23. The highest BCUT2D eigenvalue weighted by Gasteiger charge is 2.28. The molecule has 0 aromatic heterocycles. The molecule has 0 saturated heterocycles. The summed E-state index contributed by atoms with van der Waals surface area (Å²) in [5.74, 6) is -0.973. The first-order valence-corrected chi connectivity index (χ1v) is 6.86. The van der Waals surface area contributed by atoms with Crippen LogP contribution < -0.4 is 11.1 Å². The summed E-state index contributed by atoms with van der Waals surface area (Å²) in [5, 5.41) is 12.2. The van der Waals surface area contributed by atoms with Gasteiger partial charge in [-0.1, -0.05) is 13.8 Å². The first-order chi connectivity index (χ1) is 8.89. The van der Waals surface area contributed by atoms with Crippen molar-refractivity contribution in [1.82, 2.24) is 5.32 Å². The molecule has 0 atom stereocenters. The van der Waals surface area contributed by atoms with E-state index in [0.717, 1.165) is 6.07 Å². The van der Waals surface area contributed by atoms with E-state index in [1.807, 2.05) is 13.8 Å². The Morgan fingerprint density at radius 2 is 2.05 bits per heavy atom. The summed E-state index contributed by atoms with van der Waals surface area (Å²) in [6, 6.07) is 2.44. The maximum Gasteiger partial charge on any atom is 0.253 e. The maximum absolute atomic E-state index is 13.2. The first kappa shape index (κ1) is 15.9. The van der Waals surface area contributed by atoms with Gasteiger partial charge in [-0.15, -0.1) is 0 Å². The van der Waals surface area contributed by atoms with E-state index in [0.29, 0.717) is 17.3 Å². The zero-order chi connectivity index (χ0) is 14.6. The summed E-state index contributed by atoms with van der Waals surface area (Å²) in [4.78, 5) is 12.2. The second-order valence-electron chi connectivity index (χ2n) is 4.45. The number of amides is 1. The van der Waals surface area contributed by atoms with Crippen molar-refractivity contribution in [3.63, 3.8) is 0 Å². The number of nitrogens with two attached hydrogens (primary N) is 1. The van der Waals surface area contributed by atoms with Gasteiger partial charge in [0, 0.05) is 4.47 Å². The number of carbonyl (C=O) groups excluding carboxylic acids is 1. The fraction of sp³-hybridized carbons (Fsp3) is 0.462. The Bertz CT molecular complexity index is 468. The molecular weight excluding hydrogens is 315 g/mol. The van der Waals surface area contributed by atoms with E-state index in [2.05, 4.69) is 21.2 Å². The Labute approximate surface area is 120 Å². The number of rotatable bonds is 5. The lowest BCUT2D eigenvalue weighted by atomic mass is 9.93. The fourth-order valence-electron chi connectivity index (χ4n) is 1.74. The van der Waals surface area contributed by atoms with Gasteiger partial charge in [-0.05, 0) is 40.9 Å². The lowest BCUT2D eigenvalue weighted by Gasteiger charge is -2.31. The van der Waals surface area contributed by atoms with E-state index >= 15 is 0 Å². The van der Waals surface area contributed by atoms with E-state index in [4.69, 9.17) is 5.73 Å². The van der Waals surface area contributed by atoms with Gasteiger partial charge in [0.15, 0.2) is 0 Å². The average molecular weight is 333 g/mol. The highest BCUT2D eigenvalue weighted by atomic mass is 79.9. The second-order valence-corrected chi connectivity index (χ2v) is 5.31. The Hall–Kier alpha value is -1.14. The van der Waals surface area contributed by atoms with Crippen LogP contribution in [0.15, 0.2) is 16.6 Å². The smallest absolute Gasteiger partial charge is 0.253 e. The van der Waals surface area contributed by atoms with Gasteiger partial charge in [0.1, 0.15) is 5.82 Å². The van der Waals surface area contributed by atoms with Crippen LogP contribution in [0.2, 0.25) is 0 Å². The molecule has 0 heterocycles. The Morgan fingerprint density at radius 3 is 2.53 bits per heavy atom. The number of aliphatic hydroxyl groups is 1. The lowest BCUT2D eigenvalue weighted by Crippen LogP contribution is -2.50. The van der Waals surface area contributed by atoms with E-state index in [1.165, 1.54) is 6.07 Å². The Balaban J connectivity index is 3.04. The number of anilines is 1. The molecule has 0 spiro atoms. The molecule has 4 nitrogen and oxygen atoms in total. The molecule has 1 aromatic carbocycles. The molecule has 0 aliphatic heterocycles. The molecule has 0 aliphatic rings. The van der Waals surface area contributed by atoms with Gasteiger partial charge in [-0.2, -0.15) is 0 Å². The monoisotopic (exact) mass is 332 g/mol. The van der Waals surface area contributed by atoms with Crippen molar-refractivity contribution in [1.29, 1.82) is 0 Å². The van der Waals surface area contributed by atoms with Gasteiger partial charge in [-0.25, -0.2) is 4.39 Å². The van der Waals surface area contributed by atoms with E-state index in [-0.39, 0.29) is 17.9 Å². The van der Waals surface area contributed by atoms with Crippen molar-refractivity contribution in [3.05, 3.63) is 28.0 Å². The minimum atomic E-state index is -0.667. The van der Waals surface area contributed by atoms with E-state index < -0.39 is 17.3 Å². The minimum absolute atomic E-state index is 0.0871. The number of hydrogen-bond donors (Lipinski definition) is 3. The zero-order valence-electron chi connectivity index (χ0n) is 11.0. The average Bonchev–Trinajstić information content (AvgIpc) is 2.40. The summed E-state index contributed by atoms with van der Waals surface area (Å²) in [6.45, 7) is 3.61. The summed E-state index contributed by atoms with van der Waals surface area (Å²) < 4.78 is 13.6. The van der Waals surface area contributed by atoms with E-state index in [9.17, 15) is 14.3 Å². The van der Waals surface area contributed by atoms with Crippen molar-refractivity contribution < 1.29 is 14.3 Å². The largest absolute Gasteiger partial charge is 0.396 e. The molecule has 0 bridgehead atoms. The molecule has 1 amide bonds. The number of carbonyl (C=O) groups is 1. The number of halogens is 2. The van der Waals surface area contributed by atoms with Crippen LogP contribution in [0, 0.1) is 5.82 Å². The van der Waals surface area contributed by atoms with Crippen molar-refractivity contribution in [2.24, 2.45) is 0 Å². The highest BCUT2D eigenvalue weighted by Crippen LogP contribution is 2.24. The number of nitrogens with one attached hydrogen (secondary N) is 1. The third kappa shape index (κ3) is 3.45. The lowest BCUT2D eigenvalue weighted by molar-refractivity contribution is 0.0817. The number of nitrogen functional groups attached to an aromatic ring is 1. The molecule has 6 heteroatoms. The molecule has 0 fully saturated rings. The highest BCUT2D eigenvalue weighted by molar-refractivity contribution is 9.10. The van der Waals surface area contributed by atoms with Gasteiger partial charge in [-0.3, -0.25) is 4.79 Å². The van der Waals surface area contributed by atoms with Crippen molar-refractivity contribution in [3.8, 4) is 0 Å². The van der Waals surface area contributed by atoms with Crippen LogP contribution in [0.3, 0.4) is 0 Å². The van der Waals surface area contributed by atoms with Crippen molar-refractivity contribution >= 4 is 27.5 Å². The first-order valence-electron chi connectivity index (χ1n) is 6.07. The SMILES string of the molecule is CCC(CC)(CO)NC(=O)c1cc(N)c(F)cc1Br. The van der Waals surface area contributed by atoms with Gasteiger partial charge < -0.3 is 16.2 Å².